The molecule has 0 bridgehead atoms. The highest BCUT2D eigenvalue weighted by Crippen LogP contribution is 2.39. The molecule has 7 heteroatoms. The van der Waals surface area contributed by atoms with Crippen molar-refractivity contribution in [3.8, 4) is 5.95 Å². The Bertz CT molecular complexity index is 782. The zero-order valence-corrected chi connectivity index (χ0v) is 11.7. The van der Waals surface area contributed by atoms with E-state index >= 15 is 0 Å². The maximum atomic E-state index is 14.2. The number of alkyl halides is 1. The molecule has 1 aliphatic rings. The molecule has 0 unspecified atom stereocenters. The predicted octanol–water partition coefficient (Wildman–Crippen LogP) is 3.12. The van der Waals surface area contributed by atoms with Crippen molar-refractivity contribution in [1.29, 1.82) is 0 Å². The molecule has 0 radical (unpaired) electrons. The van der Waals surface area contributed by atoms with E-state index in [2.05, 4.69) is 15.1 Å². The van der Waals surface area contributed by atoms with E-state index < -0.39 is 6.17 Å². The van der Waals surface area contributed by atoms with Gasteiger partial charge >= 0.3 is 0 Å². The summed E-state index contributed by atoms with van der Waals surface area (Å²) < 4.78 is 17.5. The molecule has 3 aromatic rings. The minimum absolute atomic E-state index is 0.128. The summed E-state index contributed by atoms with van der Waals surface area (Å²) in [4.78, 5) is 8.19. The number of hydrogen-bond acceptors (Lipinski definition) is 3. The average Bonchev–Trinajstić information content (AvgIpc) is 3.17. The second-order valence-electron chi connectivity index (χ2n) is 4.95. The van der Waals surface area contributed by atoms with Gasteiger partial charge in [-0.05, 0) is 5.56 Å². The number of halogens is 2. The minimum Gasteiger partial charge on any atom is -0.272 e. The summed E-state index contributed by atoms with van der Waals surface area (Å²) in [6, 6.07) is 9.63. The van der Waals surface area contributed by atoms with Gasteiger partial charge < -0.3 is 0 Å². The van der Waals surface area contributed by atoms with E-state index in [0.29, 0.717) is 23.3 Å². The Balaban J connectivity index is 1.77. The molecule has 0 spiro atoms. The van der Waals surface area contributed by atoms with Gasteiger partial charge in [0.05, 0.1) is 12.2 Å². The fraction of sp³-hybridized carbons (Fsp3) is 0.214. The smallest absolute Gasteiger partial charge is 0.254 e. The first-order valence-electron chi connectivity index (χ1n) is 6.57. The molecule has 4 rings (SSSR count). The summed E-state index contributed by atoms with van der Waals surface area (Å²) in [7, 11) is 0. The van der Waals surface area contributed by atoms with Crippen LogP contribution in [-0.2, 0) is 0 Å². The molecule has 0 amide bonds. The van der Waals surface area contributed by atoms with Crippen LogP contribution >= 0.6 is 11.6 Å². The quantitative estimate of drug-likeness (QED) is 0.731. The molecule has 2 atom stereocenters. The van der Waals surface area contributed by atoms with E-state index in [1.807, 2.05) is 30.3 Å². The third kappa shape index (κ3) is 2.03. The van der Waals surface area contributed by atoms with E-state index in [4.69, 9.17) is 11.6 Å². The van der Waals surface area contributed by atoms with Crippen molar-refractivity contribution < 1.29 is 4.39 Å². The number of fused-ring (bicyclic) bond motifs is 1. The average molecular weight is 304 g/mol. The Hall–Kier alpha value is -2.21. The lowest BCUT2D eigenvalue weighted by atomic mass is 10.0. The van der Waals surface area contributed by atoms with Crippen LogP contribution in [0.3, 0.4) is 0 Å². The summed E-state index contributed by atoms with van der Waals surface area (Å²) in [5.74, 6) is 0.733. The van der Waals surface area contributed by atoms with Gasteiger partial charge in [0.2, 0.25) is 0 Å². The van der Waals surface area contributed by atoms with Crippen LogP contribution in [0.25, 0.3) is 5.95 Å². The highest BCUT2D eigenvalue weighted by Gasteiger charge is 2.35. The largest absolute Gasteiger partial charge is 0.272 e. The SMILES string of the molecule is F[C@H]1C[C@@H](c2ccccc2)n2nc(-n3cnc(Cl)c3)nc21. The molecule has 0 saturated carbocycles. The van der Waals surface area contributed by atoms with Crippen molar-refractivity contribution in [3.63, 3.8) is 0 Å². The Kier molecular flexibility index (Phi) is 2.78. The van der Waals surface area contributed by atoms with E-state index in [0.717, 1.165) is 5.56 Å². The lowest BCUT2D eigenvalue weighted by molar-refractivity contribution is 0.328. The molecule has 0 saturated heterocycles. The fourth-order valence-electron chi connectivity index (χ4n) is 2.64. The van der Waals surface area contributed by atoms with Gasteiger partial charge in [-0.1, -0.05) is 41.9 Å². The fourth-order valence-corrected chi connectivity index (χ4v) is 2.79. The van der Waals surface area contributed by atoms with E-state index in [1.54, 1.807) is 15.4 Å². The summed E-state index contributed by atoms with van der Waals surface area (Å²) in [5.41, 5.74) is 1.03. The van der Waals surface area contributed by atoms with Crippen molar-refractivity contribution in [2.24, 2.45) is 0 Å². The number of aromatic nitrogens is 5. The van der Waals surface area contributed by atoms with Gasteiger partial charge in [0.25, 0.3) is 5.95 Å². The lowest BCUT2D eigenvalue weighted by Crippen LogP contribution is -2.08. The zero-order chi connectivity index (χ0) is 14.4. The minimum atomic E-state index is -1.12. The van der Waals surface area contributed by atoms with Crippen LogP contribution in [0.1, 0.15) is 30.0 Å². The second kappa shape index (κ2) is 4.66. The monoisotopic (exact) mass is 303 g/mol. The number of nitrogens with zero attached hydrogens (tertiary/aromatic N) is 5. The van der Waals surface area contributed by atoms with Crippen LogP contribution < -0.4 is 0 Å². The number of rotatable bonds is 2. The Morgan fingerprint density at radius 2 is 2.05 bits per heavy atom. The molecule has 1 aromatic carbocycles. The van der Waals surface area contributed by atoms with Gasteiger partial charge in [0.1, 0.15) is 11.5 Å². The molecule has 0 N–H and O–H groups in total. The Labute approximate surface area is 125 Å². The molecular formula is C14H11ClFN5. The first-order chi connectivity index (χ1) is 10.2. The van der Waals surface area contributed by atoms with Gasteiger partial charge in [-0.3, -0.25) is 4.57 Å². The van der Waals surface area contributed by atoms with Gasteiger partial charge in [-0.2, -0.15) is 4.98 Å². The highest BCUT2D eigenvalue weighted by molar-refractivity contribution is 6.29. The van der Waals surface area contributed by atoms with Crippen molar-refractivity contribution >= 4 is 11.6 Å². The van der Waals surface area contributed by atoms with Gasteiger partial charge in [-0.25, -0.2) is 14.1 Å². The Morgan fingerprint density at radius 1 is 1.24 bits per heavy atom. The van der Waals surface area contributed by atoms with Gasteiger partial charge in [0.15, 0.2) is 12.0 Å². The highest BCUT2D eigenvalue weighted by atomic mass is 35.5. The molecule has 1 aliphatic heterocycles. The van der Waals surface area contributed by atoms with Crippen molar-refractivity contribution in [3.05, 3.63) is 59.4 Å². The summed E-state index contributed by atoms with van der Waals surface area (Å²) in [6.45, 7) is 0. The molecule has 106 valence electrons. The first kappa shape index (κ1) is 12.5. The Morgan fingerprint density at radius 3 is 2.76 bits per heavy atom. The van der Waals surface area contributed by atoms with Crippen molar-refractivity contribution in [2.75, 3.05) is 0 Å². The second-order valence-corrected chi connectivity index (χ2v) is 5.34. The van der Waals surface area contributed by atoms with E-state index in [-0.39, 0.29) is 6.04 Å². The van der Waals surface area contributed by atoms with Crippen LogP contribution in [0.2, 0.25) is 5.15 Å². The lowest BCUT2D eigenvalue weighted by Gasteiger charge is -2.11. The first-order valence-corrected chi connectivity index (χ1v) is 6.95. The zero-order valence-electron chi connectivity index (χ0n) is 10.9. The summed E-state index contributed by atoms with van der Waals surface area (Å²) in [5, 5.41) is 4.76. The number of imidazole rings is 1. The molecule has 0 aliphatic carbocycles. The molecule has 0 fully saturated rings. The maximum absolute atomic E-state index is 14.2. The van der Waals surface area contributed by atoms with Crippen LogP contribution in [0.5, 0.6) is 0 Å². The van der Waals surface area contributed by atoms with E-state index in [1.165, 1.54) is 6.33 Å². The van der Waals surface area contributed by atoms with Crippen molar-refractivity contribution in [1.82, 2.24) is 24.3 Å². The standard InChI is InChI=1S/C14H11ClFN5/c15-12-7-20(8-17-12)14-18-13-10(16)6-11(21(13)19-14)9-4-2-1-3-5-9/h1-5,7-8,10-11H,6H2/t10-,11-/m0/s1. The number of hydrogen-bond donors (Lipinski definition) is 0. The molecule has 3 heterocycles. The molecule has 2 aromatic heterocycles. The van der Waals surface area contributed by atoms with Gasteiger partial charge in [-0.15, -0.1) is 5.10 Å². The van der Waals surface area contributed by atoms with Crippen LogP contribution in [0.4, 0.5) is 4.39 Å². The predicted molar refractivity (Wildman–Crippen MR) is 75.2 cm³/mol. The van der Waals surface area contributed by atoms with Crippen LogP contribution in [0.15, 0.2) is 42.9 Å². The summed E-state index contributed by atoms with van der Waals surface area (Å²) >= 11 is 5.79. The molecule has 5 nitrogen and oxygen atoms in total. The number of benzene rings is 1. The van der Waals surface area contributed by atoms with Crippen molar-refractivity contribution in [2.45, 2.75) is 18.6 Å². The molecule has 21 heavy (non-hydrogen) atoms. The van der Waals surface area contributed by atoms with Gasteiger partial charge in [0, 0.05) is 6.42 Å². The van der Waals surface area contributed by atoms with Crippen LogP contribution in [-0.4, -0.2) is 24.3 Å². The topological polar surface area (TPSA) is 48.5 Å². The molecular weight excluding hydrogens is 293 g/mol. The van der Waals surface area contributed by atoms with E-state index in [9.17, 15) is 4.39 Å². The normalized spacial score (nSPS) is 20.7. The third-order valence-electron chi connectivity index (χ3n) is 3.62. The summed E-state index contributed by atoms with van der Waals surface area (Å²) in [6.07, 6.45) is 2.36. The maximum Gasteiger partial charge on any atom is 0.254 e. The third-order valence-corrected chi connectivity index (χ3v) is 3.81. The van der Waals surface area contributed by atoms with Crippen LogP contribution in [0, 0.1) is 0 Å².